The maximum Gasteiger partial charge on any atom is 0.227 e. The van der Waals surface area contributed by atoms with E-state index in [1.165, 1.54) is 12.1 Å². The molecule has 142 valence electrons. The molecule has 1 aromatic rings. The highest BCUT2D eigenvalue weighted by Crippen LogP contribution is 2.25. The zero-order chi connectivity index (χ0) is 18.5. The molecular formula is C20H27FN2O3. The van der Waals surface area contributed by atoms with Crippen molar-refractivity contribution in [2.75, 3.05) is 26.2 Å². The Morgan fingerprint density at radius 2 is 2.00 bits per heavy atom. The van der Waals surface area contributed by atoms with Gasteiger partial charge in [-0.1, -0.05) is 12.1 Å². The predicted octanol–water partition coefficient (Wildman–Crippen LogP) is 2.19. The minimum Gasteiger partial charge on any atom is -0.396 e. The van der Waals surface area contributed by atoms with E-state index in [2.05, 4.69) is 0 Å². The number of likely N-dealkylation sites (tertiary alicyclic amines) is 2. The topological polar surface area (TPSA) is 60.9 Å². The monoisotopic (exact) mass is 362 g/mol. The molecule has 1 aromatic carbocycles. The van der Waals surface area contributed by atoms with E-state index in [0.29, 0.717) is 31.8 Å². The van der Waals surface area contributed by atoms with E-state index in [1.807, 2.05) is 4.90 Å². The second kappa shape index (κ2) is 8.62. The third-order valence-corrected chi connectivity index (χ3v) is 5.58. The Kier molecular flexibility index (Phi) is 6.25. The van der Waals surface area contributed by atoms with Crippen molar-refractivity contribution < 1.29 is 19.1 Å². The van der Waals surface area contributed by atoms with Gasteiger partial charge in [0.25, 0.3) is 0 Å². The van der Waals surface area contributed by atoms with E-state index < -0.39 is 0 Å². The van der Waals surface area contributed by atoms with E-state index in [-0.39, 0.29) is 30.2 Å². The van der Waals surface area contributed by atoms with Crippen LogP contribution in [-0.2, 0) is 16.1 Å². The lowest BCUT2D eigenvalue weighted by Crippen LogP contribution is -2.48. The van der Waals surface area contributed by atoms with Gasteiger partial charge in [-0.25, -0.2) is 4.39 Å². The maximum atomic E-state index is 13.4. The van der Waals surface area contributed by atoms with Crippen molar-refractivity contribution in [2.45, 2.75) is 38.6 Å². The van der Waals surface area contributed by atoms with Crippen LogP contribution in [0.2, 0.25) is 0 Å². The van der Waals surface area contributed by atoms with Crippen molar-refractivity contribution in [3.63, 3.8) is 0 Å². The fraction of sp³-hybridized carbons (Fsp3) is 0.600. The Morgan fingerprint density at radius 1 is 1.23 bits per heavy atom. The molecular weight excluding hydrogens is 335 g/mol. The van der Waals surface area contributed by atoms with Gasteiger partial charge in [0.1, 0.15) is 5.82 Å². The highest BCUT2D eigenvalue weighted by molar-refractivity contribution is 5.84. The quantitative estimate of drug-likeness (QED) is 0.873. The first-order chi connectivity index (χ1) is 12.6. The molecule has 3 rings (SSSR count). The summed E-state index contributed by atoms with van der Waals surface area (Å²) >= 11 is 0. The molecule has 2 fully saturated rings. The van der Waals surface area contributed by atoms with Gasteiger partial charge in [0.2, 0.25) is 11.8 Å². The van der Waals surface area contributed by atoms with Crippen LogP contribution in [0.3, 0.4) is 0 Å². The van der Waals surface area contributed by atoms with E-state index >= 15 is 0 Å². The molecule has 2 amide bonds. The fourth-order valence-corrected chi connectivity index (χ4v) is 4.01. The van der Waals surface area contributed by atoms with Gasteiger partial charge in [0.05, 0.1) is 5.92 Å². The van der Waals surface area contributed by atoms with Gasteiger partial charge >= 0.3 is 0 Å². The van der Waals surface area contributed by atoms with Gasteiger partial charge < -0.3 is 14.9 Å². The summed E-state index contributed by atoms with van der Waals surface area (Å²) in [5.74, 6) is 0.173. The number of hydrogen-bond acceptors (Lipinski definition) is 3. The fourth-order valence-electron chi connectivity index (χ4n) is 4.01. The molecule has 0 aromatic heterocycles. The molecule has 0 bridgehead atoms. The van der Waals surface area contributed by atoms with E-state index in [9.17, 15) is 14.0 Å². The summed E-state index contributed by atoms with van der Waals surface area (Å²) < 4.78 is 13.4. The normalized spacial score (nSPS) is 21.9. The van der Waals surface area contributed by atoms with E-state index in [1.54, 1.807) is 17.0 Å². The molecule has 0 radical (unpaired) electrons. The highest BCUT2D eigenvalue weighted by atomic mass is 19.1. The number of amides is 2. The van der Waals surface area contributed by atoms with Crippen molar-refractivity contribution in [3.8, 4) is 0 Å². The molecule has 5 nitrogen and oxygen atoms in total. The predicted molar refractivity (Wildman–Crippen MR) is 95.5 cm³/mol. The first kappa shape index (κ1) is 18.8. The number of carbonyl (C=O) groups excluding carboxylic acids is 2. The number of benzene rings is 1. The van der Waals surface area contributed by atoms with Gasteiger partial charge in [-0.05, 0) is 49.3 Å². The van der Waals surface area contributed by atoms with Crippen LogP contribution in [0.5, 0.6) is 0 Å². The number of halogens is 1. The molecule has 1 unspecified atom stereocenters. The Labute approximate surface area is 153 Å². The molecule has 2 aliphatic heterocycles. The third kappa shape index (κ3) is 4.61. The lowest BCUT2D eigenvalue weighted by Gasteiger charge is -2.37. The summed E-state index contributed by atoms with van der Waals surface area (Å²) in [5.41, 5.74) is 0.747. The third-order valence-electron chi connectivity index (χ3n) is 5.58. The van der Waals surface area contributed by atoms with Crippen molar-refractivity contribution in [2.24, 2.45) is 11.8 Å². The van der Waals surface area contributed by atoms with Crippen molar-refractivity contribution in [1.82, 2.24) is 9.80 Å². The standard InChI is InChI=1S/C20H27FN2O3/c21-18-3-1-2-16(12-18)13-23-14-17(4-5-19(23)25)20(26)22-9-6-15(7-10-22)8-11-24/h1-3,12,15,17,24H,4-11,13-14H2. The Bertz CT molecular complexity index is 644. The number of rotatable bonds is 5. The van der Waals surface area contributed by atoms with Crippen molar-refractivity contribution in [1.29, 1.82) is 0 Å². The average Bonchev–Trinajstić information content (AvgIpc) is 2.64. The zero-order valence-corrected chi connectivity index (χ0v) is 15.1. The van der Waals surface area contributed by atoms with Crippen LogP contribution in [0.1, 0.15) is 37.7 Å². The lowest BCUT2D eigenvalue weighted by atomic mass is 9.91. The minimum atomic E-state index is -0.315. The zero-order valence-electron chi connectivity index (χ0n) is 15.1. The summed E-state index contributed by atoms with van der Waals surface area (Å²) in [7, 11) is 0. The average molecular weight is 362 g/mol. The van der Waals surface area contributed by atoms with Gasteiger partial charge in [0.15, 0.2) is 0 Å². The van der Waals surface area contributed by atoms with Gasteiger partial charge in [-0.2, -0.15) is 0 Å². The number of nitrogens with zero attached hydrogens (tertiary/aromatic N) is 2. The number of piperidine rings is 2. The van der Waals surface area contributed by atoms with Crippen molar-refractivity contribution in [3.05, 3.63) is 35.6 Å². The van der Waals surface area contributed by atoms with Crippen LogP contribution in [0.15, 0.2) is 24.3 Å². The van der Waals surface area contributed by atoms with Gasteiger partial charge in [-0.15, -0.1) is 0 Å². The van der Waals surface area contributed by atoms with Crippen LogP contribution < -0.4 is 0 Å². The summed E-state index contributed by atoms with van der Waals surface area (Å²) in [6.45, 7) is 2.43. The van der Waals surface area contributed by atoms with Crippen LogP contribution in [0.4, 0.5) is 4.39 Å². The number of aliphatic hydroxyl groups excluding tert-OH is 1. The van der Waals surface area contributed by atoms with E-state index in [0.717, 1.165) is 37.9 Å². The van der Waals surface area contributed by atoms with Crippen LogP contribution in [0, 0.1) is 17.7 Å². The van der Waals surface area contributed by atoms with Gasteiger partial charge in [0, 0.05) is 39.2 Å². The summed E-state index contributed by atoms with van der Waals surface area (Å²) in [4.78, 5) is 28.7. The van der Waals surface area contributed by atoms with Crippen molar-refractivity contribution >= 4 is 11.8 Å². The summed E-state index contributed by atoms with van der Waals surface area (Å²) in [5, 5.41) is 9.05. The lowest BCUT2D eigenvalue weighted by molar-refractivity contribution is -0.144. The summed E-state index contributed by atoms with van der Waals surface area (Å²) in [6.07, 6.45) is 3.64. The molecule has 0 saturated carbocycles. The molecule has 1 atom stereocenters. The van der Waals surface area contributed by atoms with Crippen LogP contribution in [-0.4, -0.2) is 53.0 Å². The first-order valence-corrected chi connectivity index (χ1v) is 9.48. The van der Waals surface area contributed by atoms with Gasteiger partial charge in [-0.3, -0.25) is 9.59 Å². The molecule has 0 aliphatic carbocycles. The Balaban J connectivity index is 1.57. The molecule has 2 saturated heterocycles. The molecule has 2 heterocycles. The largest absolute Gasteiger partial charge is 0.396 e. The molecule has 26 heavy (non-hydrogen) atoms. The smallest absolute Gasteiger partial charge is 0.227 e. The number of aliphatic hydroxyl groups is 1. The number of hydrogen-bond donors (Lipinski definition) is 1. The van der Waals surface area contributed by atoms with Crippen LogP contribution >= 0.6 is 0 Å². The number of carbonyl (C=O) groups is 2. The molecule has 6 heteroatoms. The SMILES string of the molecule is O=C1CCC(C(=O)N2CCC(CCO)CC2)CN1Cc1cccc(F)c1. The maximum absolute atomic E-state index is 13.4. The molecule has 0 spiro atoms. The Morgan fingerprint density at radius 3 is 2.69 bits per heavy atom. The first-order valence-electron chi connectivity index (χ1n) is 9.48. The van der Waals surface area contributed by atoms with Crippen LogP contribution in [0.25, 0.3) is 0 Å². The molecule has 2 aliphatic rings. The summed E-state index contributed by atoms with van der Waals surface area (Å²) in [6, 6.07) is 6.25. The highest BCUT2D eigenvalue weighted by Gasteiger charge is 2.34. The Hall–Kier alpha value is -1.95. The van der Waals surface area contributed by atoms with E-state index in [4.69, 9.17) is 5.11 Å². The second-order valence-corrected chi connectivity index (χ2v) is 7.42. The second-order valence-electron chi connectivity index (χ2n) is 7.42. The molecule has 1 N–H and O–H groups in total. The minimum absolute atomic E-state index is 0.0277.